The molecule has 2 fully saturated rings. The first-order chi connectivity index (χ1) is 8.63. The highest BCUT2D eigenvalue weighted by Gasteiger charge is 2.60. The van der Waals surface area contributed by atoms with Crippen molar-refractivity contribution in [3.05, 3.63) is 12.2 Å². The van der Waals surface area contributed by atoms with Gasteiger partial charge in [0.15, 0.2) is 6.61 Å². The van der Waals surface area contributed by atoms with Crippen LogP contribution in [0.3, 0.4) is 0 Å². The summed E-state index contributed by atoms with van der Waals surface area (Å²) in [6.45, 7) is -0.420. The van der Waals surface area contributed by atoms with Gasteiger partial charge in [-0.2, -0.15) is 5.06 Å². The number of hydroxylamine groups is 2. The van der Waals surface area contributed by atoms with Gasteiger partial charge in [0.1, 0.15) is 0 Å². The van der Waals surface area contributed by atoms with Crippen molar-refractivity contribution in [2.24, 2.45) is 23.7 Å². The number of fused-ring (bicyclic) bond motifs is 5. The van der Waals surface area contributed by atoms with Gasteiger partial charge >= 0.3 is 5.97 Å². The fraction of sp³-hybridized carbons (Fsp3) is 0.583. The van der Waals surface area contributed by atoms with Crippen LogP contribution in [-0.2, 0) is 24.0 Å². The zero-order valence-corrected chi connectivity index (χ0v) is 9.87. The minimum absolute atomic E-state index is 0.142. The number of carbonyl (C=O) groups excluding carboxylic acids is 3. The second-order valence-electron chi connectivity index (χ2n) is 4.82. The molecule has 0 aromatic rings. The second-order valence-corrected chi connectivity index (χ2v) is 4.82. The van der Waals surface area contributed by atoms with Crippen LogP contribution in [0.25, 0.3) is 0 Å². The van der Waals surface area contributed by atoms with Crippen LogP contribution in [0, 0.1) is 23.7 Å². The van der Waals surface area contributed by atoms with Crippen LogP contribution >= 0.6 is 0 Å². The zero-order chi connectivity index (χ0) is 12.9. The Morgan fingerprint density at radius 1 is 1.28 bits per heavy atom. The van der Waals surface area contributed by atoms with E-state index in [4.69, 9.17) is 4.84 Å². The lowest BCUT2D eigenvalue weighted by Crippen LogP contribution is -2.35. The molecule has 1 aliphatic heterocycles. The number of hydrogen-bond acceptors (Lipinski definition) is 5. The minimum Gasteiger partial charge on any atom is -0.467 e. The average Bonchev–Trinajstić information content (AvgIpc) is 3.02. The molecule has 2 bridgehead atoms. The van der Waals surface area contributed by atoms with Crippen LogP contribution in [0.4, 0.5) is 0 Å². The third-order valence-corrected chi connectivity index (χ3v) is 3.97. The first-order valence-electron chi connectivity index (χ1n) is 5.89. The summed E-state index contributed by atoms with van der Waals surface area (Å²) < 4.78 is 4.40. The van der Waals surface area contributed by atoms with Crippen LogP contribution < -0.4 is 0 Å². The molecule has 2 amide bonds. The summed E-state index contributed by atoms with van der Waals surface area (Å²) in [7, 11) is 1.22. The normalized spacial score (nSPS) is 36.4. The molecule has 0 radical (unpaired) electrons. The molecular formula is C12H13NO5. The number of carbonyl (C=O) groups is 3. The molecule has 0 aromatic carbocycles. The minimum atomic E-state index is -0.617. The van der Waals surface area contributed by atoms with Gasteiger partial charge in [-0.1, -0.05) is 12.2 Å². The molecule has 0 N–H and O–H groups in total. The fourth-order valence-electron chi connectivity index (χ4n) is 3.18. The Labute approximate surface area is 103 Å². The van der Waals surface area contributed by atoms with Crippen LogP contribution in [0.1, 0.15) is 6.42 Å². The quantitative estimate of drug-likeness (QED) is 0.398. The van der Waals surface area contributed by atoms with E-state index in [-0.39, 0.29) is 35.5 Å². The fourth-order valence-corrected chi connectivity index (χ4v) is 3.18. The number of imide groups is 1. The summed E-state index contributed by atoms with van der Waals surface area (Å²) in [5.41, 5.74) is 0. The summed E-state index contributed by atoms with van der Waals surface area (Å²) in [6, 6.07) is 0. The van der Waals surface area contributed by atoms with E-state index < -0.39 is 12.6 Å². The van der Waals surface area contributed by atoms with Crippen molar-refractivity contribution in [1.82, 2.24) is 5.06 Å². The molecule has 3 rings (SSSR count). The van der Waals surface area contributed by atoms with Crippen LogP contribution in [0.15, 0.2) is 12.2 Å². The van der Waals surface area contributed by atoms with Gasteiger partial charge in [-0.3, -0.25) is 14.4 Å². The standard InChI is InChI=1S/C12H13NO5/c1-17-8(14)5-18-13-11(15)9-6-2-3-7(4-6)10(9)12(13)16/h2-3,6-7,9-10H,4-5H2,1H3/t6-,7-,9-,10-/m0/s1. The Balaban J connectivity index is 1.74. The summed E-state index contributed by atoms with van der Waals surface area (Å²) in [4.78, 5) is 40.1. The first kappa shape index (κ1) is 11.4. The second kappa shape index (κ2) is 3.91. The van der Waals surface area contributed by atoms with E-state index in [1.165, 1.54) is 7.11 Å². The molecule has 6 nitrogen and oxygen atoms in total. The highest BCUT2D eigenvalue weighted by Crippen LogP contribution is 2.52. The number of ether oxygens (including phenoxy) is 1. The molecule has 0 unspecified atom stereocenters. The molecule has 4 atom stereocenters. The van der Waals surface area contributed by atoms with Crippen molar-refractivity contribution < 1.29 is 24.0 Å². The van der Waals surface area contributed by atoms with Crippen molar-refractivity contribution in [3.63, 3.8) is 0 Å². The topological polar surface area (TPSA) is 72.9 Å². The third-order valence-electron chi connectivity index (χ3n) is 3.97. The van der Waals surface area contributed by atoms with E-state index in [1.807, 2.05) is 12.2 Å². The monoisotopic (exact) mass is 251 g/mol. The third kappa shape index (κ3) is 1.42. The Morgan fingerprint density at radius 2 is 1.83 bits per heavy atom. The largest absolute Gasteiger partial charge is 0.467 e. The molecule has 1 saturated heterocycles. The number of allylic oxidation sites excluding steroid dienone is 2. The molecule has 3 aliphatic rings. The maximum Gasteiger partial charge on any atom is 0.334 e. The van der Waals surface area contributed by atoms with Crippen LogP contribution in [0.5, 0.6) is 0 Å². The summed E-state index contributed by atoms with van der Waals surface area (Å²) in [6.07, 6.45) is 4.87. The van der Waals surface area contributed by atoms with Gasteiger partial charge in [0, 0.05) is 0 Å². The maximum absolute atomic E-state index is 12.1. The predicted octanol–water partition coefficient (Wildman–Crippen LogP) is -0.102. The molecule has 0 aromatic heterocycles. The molecule has 18 heavy (non-hydrogen) atoms. The molecule has 1 saturated carbocycles. The number of rotatable bonds is 3. The van der Waals surface area contributed by atoms with Gasteiger partial charge < -0.3 is 4.74 Å². The van der Waals surface area contributed by atoms with Crippen molar-refractivity contribution in [1.29, 1.82) is 0 Å². The smallest absolute Gasteiger partial charge is 0.334 e. The van der Waals surface area contributed by atoms with E-state index >= 15 is 0 Å². The number of nitrogens with zero attached hydrogens (tertiary/aromatic N) is 1. The SMILES string of the molecule is COC(=O)CON1C(=O)[C@@H]2[C@@H](C1=O)[C@H]1C=C[C@H]2C1. The van der Waals surface area contributed by atoms with E-state index in [0.29, 0.717) is 0 Å². The Bertz CT molecular complexity index is 427. The molecular weight excluding hydrogens is 238 g/mol. The Kier molecular flexibility index (Phi) is 2.48. The number of amides is 2. The first-order valence-corrected chi connectivity index (χ1v) is 5.89. The van der Waals surface area contributed by atoms with Crippen LogP contribution in [-0.4, -0.2) is 36.6 Å². The van der Waals surface area contributed by atoms with Gasteiger partial charge in [0.2, 0.25) is 0 Å². The van der Waals surface area contributed by atoms with E-state index in [1.54, 1.807) is 0 Å². The lowest BCUT2D eigenvalue weighted by Gasteiger charge is -2.15. The maximum atomic E-state index is 12.1. The summed E-state index contributed by atoms with van der Waals surface area (Å²) >= 11 is 0. The highest BCUT2D eigenvalue weighted by atomic mass is 16.7. The molecule has 2 aliphatic carbocycles. The Hall–Kier alpha value is -1.69. The average molecular weight is 251 g/mol. The van der Waals surface area contributed by atoms with Crippen molar-refractivity contribution >= 4 is 17.8 Å². The molecule has 96 valence electrons. The number of methoxy groups -OCH3 is 1. The highest BCUT2D eigenvalue weighted by molar-refractivity contribution is 6.05. The van der Waals surface area contributed by atoms with Crippen molar-refractivity contribution in [2.75, 3.05) is 13.7 Å². The molecule has 1 heterocycles. The van der Waals surface area contributed by atoms with Gasteiger partial charge in [0.05, 0.1) is 18.9 Å². The van der Waals surface area contributed by atoms with E-state index in [9.17, 15) is 14.4 Å². The Morgan fingerprint density at radius 3 is 2.33 bits per heavy atom. The number of esters is 1. The van der Waals surface area contributed by atoms with Crippen molar-refractivity contribution in [2.45, 2.75) is 6.42 Å². The number of hydrogen-bond donors (Lipinski definition) is 0. The van der Waals surface area contributed by atoms with Crippen molar-refractivity contribution in [3.8, 4) is 0 Å². The zero-order valence-electron chi connectivity index (χ0n) is 9.87. The van der Waals surface area contributed by atoms with E-state index in [0.717, 1.165) is 11.5 Å². The van der Waals surface area contributed by atoms with Gasteiger partial charge in [-0.15, -0.1) is 0 Å². The molecule has 6 heteroatoms. The molecule has 0 spiro atoms. The lowest BCUT2D eigenvalue weighted by molar-refractivity contribution is -0.195. The van der Waals surface area contributed by atoms with Gasteiger partial charge in [0.25, 0.3) is 11.8 Å². The lowest BCUT2D eigenvalue weighted by atomic mass is 9.85. The van der Waals surface area contributed by atoms with Gasteiger partial charge in [-0.25, -0.2) is 4.79 Å². The summed E-state index contributed by atoms with van der Waals surface area (Å²) in [5, 5.41) is 0.748. The van der Waals surface area contributed by atoms with Crippen LogP contribution in [0.2, 0.25) is 0 Å². The van der Waals surface area contributed by atoms with E-state index in [2.05, 4.69) is 4.74 Å². The summed E-state index contributed by atoms with van der Waals surface area (Å²) in [5.74, 6) is -1.59. The predicted molar refractivity (Wildman–Crippen MR) is 57.5 cm³/mol. The van der Waals surface area contributed by atoms with Gasteiger partial charge in [-0.05, 0) is 18.3 Å².